The van der Waals surface area contributed by atoms with Gasteiger partial charge in [-0.15, -0.1) is 10.2 Å². The topological polar surface area (TPSA) is 46.0 Å². The maximum atomic E-state index is 4.51. The minimum Gasteiger partial charge on any atom is -0.389 e. The quantitative estimate of drug-likeness (QED) is 0.251. The van der Waals surface area contributed by atoms with E-state index < -0.39 is 0 Å². The molecular formula is C34H51N5S. The summed E-state index contributed by atoms with van der Waals surface area (Å²) in [5.74, 6) is 1.96. The van der Waals surface area contributed by atoms with Crippen molar-refractivity contribution in [3.05, 3.63) is 95.1 Å². The van der Waals surface area contributed by atoms with E-state index in [0.717, 1.165) is 60.5 Å². The van der Waals surface area contributed by atoms with Crippen LogP contribution >= 0.6 is 11.8 Å². The Morgan fingerprint density at radius 1 is 1.00 bits per heavy atom. The monoisotopic (exact) mass is 561 g/mol. The zero-order chi connectivity index (χ0) is 29.5. The Balaban J connectivity index is 0.000000328. The summed E-state index contributed by atoms with van der Waals surface area (Å²) in [5, 5.41) is 13.0. The van der Waals surface area contributed by atoms with E-state index in [9.17, 15) is 0 Å². The Kier molecular flexibility index (Phi) is 14.7. The Bertz CT molecular complexity index is 1190. The molecule has 1 fully saturated rings. The van der Waals surface area contributed by atoms with Crippen molar-refractivity contribution in [3.8, 4) is 5.69 Å². The number of rotatable bonds is 10. The lowest BCUT2D eigenvalue weighted by Gasteiger charge is -2.14. The first-order chi connectivity index (χ1) is 19.2. The van der Waals surface area contributed by atoms with Gasteiger partial charge in [-0.3, -0.25) is 4.57 Å². The van der Waals surface area contributed by atoms with Crippen LogP contribution < -0.4 is 5.32 Å². The first-order valence-corrected chi connectivity index (χ1v) is 15.7. The first-order valence-electron chi connectivity index (χ1n) is 14.7. The van der Waals surface area contributed by atoms with Crippen molar-refractivity contribution in [2.75, 3.05) is 19.6 Å². The summed E-state index contributed by atoms with van der Waals surface area (Å²) in [6.45, 7) is 25.7. The highest BCUT2D eigenvalue weighted by atomic mass is 32.2. The first kappa shape index (κ1) is 33.2. The minimum atomic E-state index is 0.903. The largest absolute Gasteiger partial charge is 0.389 e. The normalized spacial score (nSPS) is 12.4. The molecule has 0 bridgehead atoms. The van der Waals surface area contributed by atoms with Crippen LogP contribution in [-0.4, -0.2) is 39.3 Å². The van der Waals surface area contributed by atoms with Crippen molar-refractivity contribution >= 4 is 11.8 Å². The van der Waals surface area contributed by atoms with Crippen LogP contribution in [0.15, 0.2) is 72.2 Å². The van der Waals surface area contributed by atoms with Gasteiger partial charge in [0, 0.05) is 48.9 Å². The lowest BCUT2D eigenvalue weighted by molar-refractivity contribution is 0.417. The third-order valence-corrected chi connectivity index (χ3v) is 7.56. The fourth-order valence-electron chi connectivity index (χ4n) is 4.69. The van der Waals surface area contributed by atoms with Gasteiger partial charge in [0.2, 0.25) is 0 Å². The van der Waals surface area contributed by atoms with Gasteiger partial charge in [0.1, 0.15) is 5.82 Å². The summed E-state index contributed by atoms with van der Waals surface area (Å²) in [5.41, 5.74) is 8.73. The van der Waals surface area contributed by atoms with Crippen molar-refractivity contribution in [2.45, 2.75) is 91.5 Å². The zero-order valence-corrected chi connectivity index (χ0v) is 26.8. The van der Waals surface area contributed by atoms with Crippen LogP contribution in [0.4, 0.5) is 0 Å². The van der Waals surface area contributed by atoms with E-state index >= 15 is 0 Å². The van der Waals surface area contributed by atoms with E-state index in [1.54, 1.807) is 11.8 Å². The van der Waals surface area contributed by atoms with Crippen LogP contribution in [-0.2, 0) is 12.2 Å². The Labute approximate surface area is 248 Å². The number of likely N-dealkylation sites (tertiary alicyclic amines) is 1. The van der Waals surface area contributed by atoms with Gasteiger partial charge in [-0.2, -0.15) is 0 Å². The molecule has 1 N–H and O–H groups in total. The highest BCUT2D eigenvalue weighted by Gasteiger charge is 2.15. The second-order valence-corrected chi connectivity index (χ2v) is 11.5. The zero-order valence-electron chi connectivity index (χ0n) is 26.0. The molecule has 0 saturated carbocycles. The average molecular weight is 562 g/mol. The molecule has 0 amide bonds. The number of thioether (sulfide) groups is 1. The Hall–Kier alpha value is -2.99. The minimum absolute atomic E-state index is 0.903. The van der Waals surface area contributed by atoms with Gasteiger partial charge in [-0.25, -0.2) is 0 Å². The molecule has 0 spiro atoms. The number of nitrogens with zero attached hydrogens (tertiary/aromatic N) is 4. The van der Waals surface area contributed by atoms with Gasteiger partial charge in [0.05, 0.1) is 0 Å². The van der Waals surface area contributed by atoms with E-state index in [-0.39, 0.29) is 0 Å². The van der Waals surface area contributed by atoms with Crippen molar-refractivity contribution in [1.29, 1.82) is 0 Å². The predicted molar refractivity (Wildman–Crippen MR) is 174 cm³/mol. The molecule has 1 aromatic heterocycles. The fraction of sp³-hybridized carbons (Fsp3) is 0.471. The molecule has 218 valence electrons. The maximum Gasteiger partial charge on any atom is 0.196 e. The number of aromatic nitrogens is 3. The molecule has 0 unspecified atom stereocenters. The van der Waals surface area contributed by atoms with Crippen LogP contribution in [0.3, 0.4) is 0 Å². The van der Waals surface area contributed by atoms with Crippen molar-refractivity contribution in [1.82, 2.24) is 25.0 Å². The molecular weight excluding hydrogens is 510 g/mol. The predicted octanol–water partition coefficient (Wildman–Crippen LogP) is 8.57. The van der Waals surface area contributed by atoms with Crippen molar-refractivity contribution < 1.29 is 0 Å². The Morgan fingerprint density at radius 2 is 1.73 bits per heavy atom. The standard InChI is InChI=1S/C22H27N3S.C7H13N.C5H11N/c1-5-6-10-21-23-24-22(25(21)20-9-7-8-16(2)14-20)26-15-19-12-17(3)11-18(4)13-19;1-3-8-6-4-5-7(8)2;1-4-6-5(2)3/h7-9,11-14H,5-6,10,15H2,1-4H3;2-6H2,1H3;6H,2,4H2,1,3H3. The molecule has 40 heavy (non-hydrogen) atoms. The Morgan fingerprint density at radius 3 is 2.23 bits per heavy atom. The number of allylic oxidation sites excluding steroid dienone is 2. The summed E-state index contributed by atoms with van der Waals surface area (Å²) < 4.78 is 2.23. The van der Waals surface area contributed by atoms with E-state index in [2.05, 4.69) is 122 Å². The number of aryl methyl sites for hydroxylation is 4. The van der Waals surface area contributed by atoms with E-state index in [1.807, 2.05) is 6.92 Å². The second kappa shape index (κ2) is 17.6. The van der Waals surface area contributed by atoms with Crippen LogP contribution in [0, 0.1) is 20.8 Å². The smallest absolute Gasteiger partial charge is 0.196 e. The van der Waals surface area contributed by atoms with Gasteiger partial charge in [0.25, 0.3) is 0 Å². The molecule has 5 nitrogen and oxygen atoms in total. The van der Waals surface area contributed by atoms with Gasteiger partial charge < -0.3 is 10.2 Å². The van der Waals surface area contributed by atoms with Crippen LogP contribution in [0.2, 0.25) is 0 Å². The van der Waals surface area contributed by atoms with Gasteiger partial charge >= 0.3 is 0 Å². The third kappa shape index (κ3) is 11.2. The van der Waals surface area contributed by atoms with E-state index in [4.69, 9.17) is 0 Å². The highest BCUT2D eigenvalue weighted by Crippen LogP contribution is 2.27. The highest BCUT2D eigenvalue weighted by molar-refractivity contribution is 7.98. The maximum absolute atomic E-state index is 4.51. The third-order valence-electron chi connectivity index (χ3n) is 6.56. The molecule has 1 aliphatic heterocycles. The van der Waals surface area contributed by atoms with Crippen molar-refractivity contribution in [3.63, 3.8) is 0 Å². The molecule has 2 heterocycles. The van der Waals surface area contributed by atoms with Gasteiger partial charge in [0.15, 0.2) is 5.16 Å². The number of hydrogen-bond acceptors (Lipinski definition) is 5. The van der Waals surface area contributed by atoms with Crippen LogP contribution in [0.25, 0.3) is 5.69 Å². The molecule has 2 aromatic carbocycles. The summed E-state index contributed by atoms with van der Waals surface area (Å²) >= 11 is 1.76. The summed E-state index contributed by atoms with van der Waals surface area (Å²) in [6.07, 6.45) is 5.78. The lowest BCUT2D eigenvalue weighted by atomic mass is 10.1. The summed E-state index contributed by atoms with van der Waals surface area (Å²) in [6, 6.07) is 15.3. The molecule has 6 heteroatoms. The molecule has 1 saturated heterocycles. The van der Waals surface area contributed by atoms with E-state index in [0.29, 0.717) is 0 Å². The summed E-state index contributed by atoms with van der Waals surface area (Å²) in [7, 11) is 0. The fourth-order valence-corrected chi connectivity index (χ4v) is 5.59. The summed E-state index contributed by atoms with van der Waals surface area (Å²) in [4.78, 5) is 2.33. The van der Waals surface area contributed by atoms with Gasteiger partial charge in [-0.1, -0.05) is 79.7 Å². The van der Waals surface area contributed by atoms with Crippen LogP contribution in [0.1, 0.15) is 81.5 Å². The number of hydrogen-bond donors (Lipinski definition) is 1. The second-order valence-electron chi connectivity index (χ2n) is 10.5. The SMILES string of the molecule is C=C(C)NCC.C=C1CCCN1CC.CCCCc1nnc(SCc2cc(C)cc(C)c2)n1-c1cccc(C)c1. The van der Waals surface area contributed by atoms with Gasteiger partial charge in [-0.05, 0) is 84.1 Å². The van der Waals surface area contributed by atoms with Crippen molar-refractivity contribution in [2.24, 2.45) is 0 Å². The molecule has 0 radical (unpaired) electrons. The number of nitrogens with one attached hydrogen (secondary N) is 1. The van der Waals surface area contributed by atoms with Crippen LogP contribution in [0.5, 0.6) is 0 Å². The molecule has 3 aromatic rings. The molecule has 0 aliphatic carbocycles. The van der Waals surface area contributed by atoms with E-state index in [1.165, 1.54) is 47.3 Å². The molecule has 1 aliphatic rings. The molecule has 4 rings (SSSR count). The molecule has 0 atom stereocenters. The lowest BCUT2D eigenvalue weighted by Crippen LogP contribution is -2.15. The number of benzene rings is 2. The number of unbranched alkanes of at least 4 members (excludes halogenated alkanes) is 1. The average Bonchev–Trinajstić information content (AvgIpc) is 3.51.